The Kier molecular flexibility index (Phi) is 6.55. The summed E-state index contributed by atoms with van der Waals surface area (Å²) in [4.78, 5) is 18.0. The lowest BCUT2D eigenvalue weighted by molar-refractivity contribution is -0.122. The van der Waals surface area contributed by atoms with Crippen molar-refractivity contribution in [1.29, 1.82) is 0 Å². The predicted octanol–water partition coefficient (Wildman–Crippen LogP) is 3.97. The number of ether oxygens (including phenoxy) is 1. The van der Waals surface area contributed by atoms with Crippen molar-refractivity contribution in [3.63, 3.8) is 0 Å². The molecule has 1 aromatic carbocycles. The van der Waals surface area contributed by atoms with Gasteiger partial charge in [0.15, 0.2) is 4.80 Å². The van der Waals surface area contributed by atoms with Gasteiger partial charge >= 0.3 is 0 Å². The number of piperidine rings is 1. The number of thiazole rings is 1. The van der Waals surface area contributed by atoms with E-state index < -0.39 is 10.0 Å². The van der Waals surface area contributed by atoms with Gasteiger partial charge in [-0.1, -0.05) is 29.0 Å². The lowest BCUT2D eigenvalue weighted by Crippen LogP contribution is -2.40. The van der Waals surface area contributed by atoms with Gasteiger partial charge in [-0.2, -0.15) is 9.30 Å². The molecule has 166 valence electrons. The van der Waals surface area contributed by atoms with E-state index in [1.54, 1.807) is 13.2 Å². The lowest BCUT2D eigenvalue weighted by Gasteiger charge is -2.29. The average Bonchev–Trinajstić information content (AvgIpc) is 3.37. The van der Waals surface area contributed by atoms with E-state index in [-0.39, 0.29) is 29.1 Å². The first-order chi connectivity index (χ1) is 14.8. The summed E-state index contributed by atoms with van der Waals surface area (Å²) in [6.45, 7) is 3.24. The van der Waals surface area contributed by atoms with Crippen LogP contribution >= 0.6 is 34.3 Å². The molecule has 7 nitrogen and oxygen atoms in total. The number of aromatic nitrogens is 1. The molecule has 0 spiro atoms. The first-order valence-electron chi connectivity index (χ1n) is 9.85. The predicted molar refractivity (Wildman–Crippen MR) is 123 cm³/mol. The molecule has 0 atom stereocenters. The van der Waals surface area contributed by atoms with Gasteiger partial charge in [0, 0.05) is 25.6 Å². The Morgan fingerprint density at radius 1 is 1.23 bits per heavy atom. The molecule has 2 aromatic heterocycles. The minimum Gasteiger partial charge on any atom is -0.495 e. The van der Waals surface area contributed by atoms with E-state index in [0.717, 1.165) is 27.3 Å². The van der Waals surface area contributed by atoms with Crippen LogP contribution in [0.15, 0.2) is 39.5 Å². The van der Waals surface area contributed by atoms with Gasteiger partial charge in [-0.3, -0.25) is 4.79 Å². The van der Waals surface area contributed by atoms with E-state index in [1.807, 2.05) is 29.7 Å². The Morgan fingerprint density at radius 3 is 2.58 bits per heavy atom. The number of hydrogen-bond acceptors (Lipinski definition) is 6. The Labute approximate surface area is 193 Å². The van der Waals surface area contributed by atoms with Crippen molar-refractivity contribution >= 4 is 60.4 Å². The van der Waals surface area contributed by atoms with Crippen LogP contribution in [-0.4, -0.2) is 43.4 Å². The Bertz CT molecular complexity index is 1280. The van der Waals surface area contributed by atoms with Gasteiger partial charge in [0.25, 0.3) is 15.9 Å². The highest BCUT2D eigenvalue weighted by molar-refractivity contribution is 7.91. The van der Waals surface area contributed by atoms with Crippen molar-refractivity contribution in [3.05, 3.63) is 39.5 Å². The summed E-state index contributed by atoms with van der Waals surface area (Å²) >= 11 is 8.39. The number of para-hydroxylation sites is 1. The van der Waals surface area contributed by atoms with E-state index >= 15 is 0 Å². The first-order valence-corrected chi connectivity index (χ1v) is 13.3. The second-order valence-electron chi connectivity index (χ2n) is 7.12. The molecule has 0 saturated carbocycles. The molecule has 0 bridgehead atoms. The SMILES string of the molecule is CCn1c(=NC(=O)C2CCN(S(=O)(=O)c3ccc(Cl)s3)CC2)sc2cccc(OC)c21. The van der Waals surface area contributed by atoms with Crippen LogP contribution in [0, 0.1) is 5.92 Å². The first kappa shape index (κ1) is 22.5. The Morgan fingerprint density at radius 2 is 1.97 bits per heavy atom. The van der Waals surface area contributed by atoms with Crippen LogP contribution in [0.2, 0.25) is 4.34 Å². The number of halogens is 1. The van der Waals surface area contributed by atoms with Crippen molar-refractivity contribution in [2.24, 2.45) is 10.9 Å². The number of aryl methyl sites for hydroxylation is 1. The van der Waals surface area contributed by atoms with E-state index in [1.165, 1.54) is 21.7 Å². The monoisotopic (exact) mass is 499 g/mol. The number of nitrogens with zero attached hydrogens (tertiary/aromatic N) is 3. The van der Waals surface area contributed by atoms with E-state index in [2.05, 4.69) is 4.99 Å². The molecule has 1 aliphatic heterocycles. The van der Waals surface area contributed by atoms with Crippen LogP contribution in [-0.2, 0) is 21.4 Å². The normalized spacial score (nSPS) is 16.8. The number of thiophene rings is 1. The fourth-order valence-corrected chi connectivity index (χ4v) is 7.96. The summed E-state index contributed by atoms with van der Waals surface area (Å²) in [6, 6.07) is 8.90. The van der Waals surface area contributed by atoms with Gasteiger partial charge in [0.1, 0.15) is 15.5 Å². The molecule has 0 unspecified atom stereocenters. The van der Waals surface area contributed by atoms with Crippen LogP contribution in [0.25, 0.3) is 10.2 Å². The van der Waals surface area contributed by atoms with Crippen LogP contribution in [0.5, 0.6) is 5.75 Å². The van der Waals surface area contributed by atoms with Crippen molar-refractivity contribution < 1.29 is 17.9 Å². The van der Waals surface area contributed by atoms with Crippen molar-refractivity contribution in [2.45, 2.75) is 30.5 Å². The van der Waals surface area contributed by atoms with E-state index in [0.29, 0.717) is 28.5 Å². The van der Waals surface area contributed by atoms with Crippen molar-refractivity contribution in [1.82, 2.24) is 8.87 Å². The standard InChI is InChI=1S/C20H22ClN3O4S3/c1-3-24-18-14(28-2)5-4-6-15(18)29-20(24)22-19(25)13-9-11-23(12-10-13)31(26,27)17-8-7-16(21)30-17/h4-8,13H,3,9-12H2,1-2H3. The third-order valence-corrected chi connectivity index (χ3v) is 9.99. The van der Waals surface area contributed by atoms with Crippen LogP contribution in [0.1, 0.15) is 19.8 Å². The number of hydrogen-bond donors (Lipinski definition) is 0. The number of fused-ring (bicyclic) bond motifs is 1. The lowest BCUT2D eigenvalue weighted by atomic mass is 9.98. The largest absolute Gasteiger partial charge is 0.495 e. The maximum atomic E-state index is 12.9. The second-order valence-corrected chi connectivity index (χ2v) is 12.0. The molecule has 1 aliphatic rings. The summed E-state index contributed by atoms with van der Waals surface area (Å²) in [6.07, 6.45) is 0.891. The third kappa shape index (κ3) is 4.31. The highest BCUT2D eigenvalue weighted by Gasteiger charge is 2.33. The fraction of sp³-hybridized carbons (Fsp3) is 0.400. The van der Waals surface area contributed by atoms with E-state index in [9.17, 15) is 13.2 Å². The maximum Gasteiger partial charge on any atom is 0.252 e. The molecule has 0 aliphatic carbocycles. The summed E-state index contributed by atoms with van der Waals surface area (Å²) in [5, 5.41) is 0. The molecule has 4 rings (SSSR count). The summed E-state index contributed by atoms with van der Waals surface area (Å²) in [5.41, 5.74) is 0.930. The summed E-state index contributed by atoms with van der Waals surface area (Å²) in [7, 11) is -1.95. The zero-order valence-corrected chi connectivity index (χ0v) is 20.3. The van der Waals surface area contributed by atoms with Gasteiger partial charge in [-0.25, -0.2) is 8.42 Å². The molecule has 3 heterocycles. The highest BCUT2D eigenvalue weighted by atomic mass is 35.5. The highest BCUT2D eigenvalue weighted by Crippen LogP contribution is 2.31. The fourth-order valence-electron chi connectivity index (χ4n) is 3.73. The minimum atomic E-state index is -3.58. The number of carbonyl (C=O) groups is 1. The van der Waals surface area contributed by atoms with Gasteiger partial charge in [0.05, 0.1) is 16.1 Å². The number of benzene rings is 1. The average molecular weight is 500 g/mol. The number of rotatable bonds is 5. The van der Waals surface area contributed by atoms with Gasteiger partial charge in [-0.05, 0) is 44.0 Å². The Hall–Kier alpha value is -1.72. The molecule has 3 aromatic rings. The molecule has 0 radical (unpaired) electrons. The topological polar surface area (TPSA) is 81.0 Å². The quantitative estimate of drug-likeness (QED) is 0.532. The van der Waals surface area contributed by atoms with Crippen LogP contribution in [0.3, 0.4) is 0 Å². The smallest absolute Gasteiger partial charge is 0.252 e. The third-order valence-electron chi connectivity index (χ3n) is 5.35. The molecule has 1 amide bonds. The number of amides is 1. The number of sulfonamides is 1. The van der Waals surface area contributed by atoms with Crippen LogP contribution < -0.4 is 9.54 Å². The van der Waals surface area contributed by atoms with E-state index in [4.69, 9.17) is 16.3 Å². The molecule has 31 heavy (non-hydrogen) atoms. The van der Waals surface area contributed by atoms with Crippen molar-refractivity contribution in [2.75, 3.05) is 20.2 Å². The maximum absolute atomic E-state index is 12.9. The minimum absolute atomic E-state index is 0.205. The molecule has 1 fully saturated rings. The molecular formula is C20H22ClN3O4S3. The van der Waals surface area contributed by atoms with Crippen LogP contribution in [0.4, 0.5) is 0 Å². The molecule has 11 heteroatoms. The zero-order valence-electron chi connectivity index (χ0n) is 17.1. The summed E-state index contributed by atoms with van der Waals surface area (Å²) < 4.78 is 36.1. The van der Waals surface area contributed by atoms with Gasteiger partial charge < -0.3 is 9.30 Å². The van der Waals surface area contributed by atoms with Gasteiger partial charge in [0.2, 0.25) is 0 Å². The molecular weight excluding hydrogens is 478 g/mol. The number of methoxy groups -OCH3 is 1. The molecule has 1 saturated heterocycles. The van der Waals surface area contributed by atoms with Gasteiger partial charge in [-0.15, -0.1) is 11.3 Å². The zero-order chi connectivity index (χ0) is 22.2. The summed E-state index contributed by atoms with van der Waals surface area (Å²) in [5.74, 6) is 0.247. The number of carbonyl (C=O) groups excluding carboxylic acids is 1. The second kappa shape index (κ2) is 9.03. The Balaban J connectivity index is 1.54. The van der Waals surface area contributed by atoms with Crippen molar-refractivity contribution in [3.8, 4) is 5.75 Å². The molecule has 0 N–H and O–H groups in total.